The molecule has 0 spiro atoms. The fourth-order valence-corrected chi connectivity index (χ4v) is 1.70. The molecule has 1 aromatic rings. The third-order valence-electron chi connectivity index (χ3n) is 2.27. The number of carbonyl (C=O) groups is 1. The van der Waals surface area contributed by atoms with E-state index in [1.54, 1.807) is 26.3 Å². The predicted molar refractivity (Wildman–Crippen MR) is 69.8 cm³/mol. The molecule has 0 saturated heterocycles. The van der Waals surface area contributed by atoms with Gasteiger partial charge < -0.3 is 15.4 Å². The van der Waals surface area contributed by atoms with Gasteiger partial charge in [-0.25, -0.2) is 0 Å². The van der Waals surface area contributed by atoms with E-state index in [9.17, 15) is 4.79 Å². The maximum absolute atomic E-state index is 11.5. The lowest BCUT2D eigenvalue weighted by Crippen LogP contribution is -2.22. The second-order valence-corrected chi connectivity index (χ2v) is 4.18. The molecule has 0 fully saturated rings. The van der Waals surface area contributed by atoms with Crippen LogP contribution >= 0.6 is 11.6 Å². The highest BCUT2D eigenvalue weighted by Gasteiger charge is 2.10. The molecule has 1 aromatic carbocycles. The highest BCUT2D eigenvalue weighted by molar-refractivity contribution is 6.34. The minimum Gasteiger partial charge on any atom is -0.383 e. The zero-order chi connectivity index (χ0) is 12.8. The van der Waals surface area contributed by atoms with Crippen molar-refractivity contribution in [1.29, 1.82) is 0 Å². The first-order valence-electron chi connectivity index (χ1n) is 5.35. The van der Waals surface area contributed by atoms with Crippen molar-refractivity contribution in [2.45, 2.75) is 13.0 Å². The maximum atomic E-state index is 11.5. The third kappa shape index (κ3) is 3.91. The van der Waals surface area contributed by atoms with E-state index in [-0.39, 0.29) is 11.9 Å². The highest BCUT2D eigenvalue weighted by Crippen LogP contribution is 2.21. The third-order valence-corrected chi connectivity index (χ3v) is 2.60. The van der Waals surface area contributed by atoms with Crippen LogP contribution in [-0.2, 0) is 4.74 Å². The first-order chi connectivity index (χ1) is 8.08. The van der Waals surface area contributed by atoms with Gasteiger partial charge in [-0.2, -0.15) is 0 Å². The molecule has 1 atom stereocenters. The van der Waals surface area contributed by atoms with Crippen molar-refractivity contribution in [3.05, 3.63) is 28.8 Å². The van der Waals surface area contributed by atoms with Crippen LogP contribution in [0.15, 0.2) is 18.2 Å². The lowest BCUT2D eigenvalue weighted by atomic mass is 10.1. The zero-order valence-electron chi connectivity index (χ0n) is 10.2. The number of ether oxygens (including phenoxy) is 1. The highest BCUT2D eigenvalue weighted by atomic mass is 35.5. The number of hydrogen-bond acceptors (Lipinski definition) is 3. The Morgan fingerprint density at radius 3 is 2.82 bits per heavy atom. The molecule has 0 aliphatic heterocycles. The lowest BCUT2D eigenvalue weighted by Gasteiger charge is -2.15. The molecule has 2 N–H and O–H groups in total. The van der Waals surface area contributed by atoms with Crippen LogP contribution in [0, 0.1) is 0 Å². The van der Waals surface area contributed by atoms with Gasteiger partial charge in [-0.3, -0.25) is 4.79 Å². The van der Waals surface area contributed by atoms with Gasteiger partial charge in [0.15, 0.2) is 0 Å². The number of rotatable bonds is 5. The van der Waals surface area contributed by atoms with E-state index in [1.807, 2.05) is 13.0 Å². The predicted octanol–water partition coefficient (Wildman–Crippen LogP) is 2.15. The van der Waals surface area contributed by atoms with Gasteiger partial charge in [-0.15, -0.1) is 0 Å². The van der Waals surface area contributed by atoms with Crippen LogP contribution in [0.25, 0.3) is 0 Å². The summed E-state index contributed by atoms with van der Waals surface area (Å²) in [6, 6.07) is 5.43. The molecule has 0 aromatic heterocycles. The van der Waals surface area contributed by atoms with E-state index < -0.39 is 0 Å². The Labute approximate surface area is 106 Å². The molecule has 0 radical (unpaired) electrons. The Hall–Kier alpha value is -1.26. The van der Waals surface area contributed by atoms with Gasteiger partial charge in [0.25, 0.3) is 5.91 Å². The molecule has 0 saturated carbocycles. The Morgan fingerprint density at radius 1 is 1.53 bits per heavy atom. The average Bonchev–Trinajstić information content (AvgIpc) is 2.31. The summed E-state index contributed by atoms with van der Waals surface area (Å²) >= 11 is 5.95. The van der Waals surface area contributed by atoms with Gasteiger partial charge in [0.05, 0.1) is 17.2 Å². The summed E-state index contributed by atoms with van der Waals surface area (Å²) in [6.45, 7) is 2.59. The van der Waals surface area contributed by atoms with Crippen molar-refractivity contribution < 1.29 is 9.53 Å². The molecule has 1 rings (SSSR count). The number of methoxy groups -OCH3 is 1. The standard InChI is InChI=1S/C12H17ClN2O2/c1-8(7-17-3)15-9-4-5-11(13)10(6-9)12(16)14-2/h4-6,8,15H,7H2,1-3H3,(H,14,16). The molecule has 0 aliphatic carbocycles. The van der Waals surface area contributed by atoms with Crippen molar-refractivity contribution >= 4 is 23.2 Å². The van der Waals surface area contributed by atoms with Crippen molar-refractivity contribution in [3.63, 3.8) is 0 Å². The first kappa shape index (κ1) is 13.8. The van der Waals surface area contributed by atoms with Crippen molar-refractivity contribution in [1.82, 2.24) is 5.32 Å². The fourth-order valence-electron chi connectivity index (χ4n) is 1.50. The molecule has 0 heterocycles. The topological polar surface area (TPSA) is 50.4 Å². The van der Waals surface area contributed by atoms with Gasteiger partial charge in [-0.1, -0.05) is 11.6 Å². The number of carbonyl (C=O) groups excluding carboxylic acids is 1. The van der Waals surface area contributed by atoms with Crippen LogP contribution in [0.2, 0.25) is 5.02 Å². The summed E-state index contributed by atoms with van der Waals surface area (Å²) in [7, 11) is 3.22. The Kier molecular flexibility index (Phi) is 5.25. The number of amides is 1. The number of hydrogen-bond donors (Lipinski definition) is 2. The maximum Gasteiger partial charge on any atom is 0.252 e. The van der Waals surface area contributed by atoms with Gasteiger partial charge in [0, 0.05) is 25.9 Å². The molecule has 4 nitrogen and oxygen atoms in total. The van der Waals surface area contributed by atoms with E-state index in [0.29, 0.717) is 17.2 Å². The molecule has 1 amide bonds. The van der Waals surface area contributed by atoms with E-state index in [1.165, 1.54) is 0 Å². The molecule has 94 valence electrons. The summed E-state index contributed by atoms with van der Waals surface area (Å²) in [5.74, 6) is -0.196. The summed E-state index contributed by atoms with van der Waals surface area (Å²) in [5.41, 5.74) is 1.31. The summed E-state index contributed by atoms with van der Waals surface area (Å²) in [4.78, 5) is 11.5. The van der Waals surface area contributed by atoms with Crippen molar-refractivity contribution in [2.24, 2.45) is 0 Å². The molecular weight excluding hydrogens is 240 g/mol. The number of nitrogens with one attached hydrogen (secondary N) is 2. The second-order valence-electron chi connectivity index (χ2n) is 3.77. The molecule has 5 heteroatoms. The molecule has 0 aliphatic rings. The van der Waals surface area contributed by atoms with Crippen LogP contribution in [0.4, 0.5) is 5.69 Å². The fraction of sp³-hybridized carbons (Fsp3) is 0.417. The molecule has 1 unspecified atom stereocenters. The van der Waals surface area contributed by atoms with Gasteiger partial charge in [0.2, 0.25) is 0 Å². The monoisotopic (exact) mass is 256 g/mol. The molecular formula is C12H17ClN2O2. The largest absolute Gasteiger partial charge is 0.383 e. The van der Waals surface area contributed by atoms with Crippen molar-refractivity contribution in [2.75, 3.05) is 26.1 Å². The van der Waals surface area contributed by atoms with E-state index >= 15 is 0 Å². The van der Waals surface area contributed by atoms with Crippen LogP contribution < -0.4 is 10.6 Å². The SMILES string of the molecule is CNC(=O)c1cc(NC(C)COC)ccc1Cl. The zero-order valence-corrected chi connectivity index (χ0v) is 11.0. The normalized spacial score (nSPS) is 12.0. The molecule has 17 heavy (non-hydrogen) atoms. The van der Waals surface area contributed by atoms with Crippen LogP contribution in [0.1, 0.15) is 17.3 Å². The number of halogens is 1. The van der Waals surface area contributed by atoms with Gasteiger partial charge in [0.1, 0.15) is 0 Å². The van der Waals surface area contributed by atoms with Gasteiger partial charge >= 0.3 is 0 Å². The minimum atomic E-state index is -0.196. The summed E-state index contributed by atoms with van der Waals surface area (Å²) < 4.78 is 5.03. The Bertz CT molecular complexity index is 396. The van der Waals surface area contributed by atoms with E-state index in [2.05, 4.69) is 10.6 Å². The average molecular weight is 257 g/mol. The quantitative estimate of drug-likeness (QED) is 0.849. The lowest BCUT2D eigenvalue weighted by molar-refractivity contribution is 0.0963. The minimum absolute atomic E-state index is 0.165. The first-order valence-corrected chi connectivity index (χ1v) is 5.73. The molecule has 0 bridgehead atoms. The summed E-state index contributed by atoms with van der Waals surface area (Å²) in [6.07, 6.45) is 0. The second kappa shape index (κ2) is 6.47. The van der Waals surface area contributed by atoms with Crippen LogP contribution in [-0.4, -0.2) is 32.7 Å². The van der Waals surface area contributed by atoms with Crippen LogP contribution in [0.5, 0.6) is 0 Å². The van der Waals surface area contributed by atoms with E-state index in [0.717, 1.165) is 5.69 Å². The Balaban J connectivity index is 2.85. The van der Waals surface area contributed by atoms with Crippen molar-refractivity contribution in [3.8, 4) is 0 Å². The Morgan fingerprint density at radius 2 is 2.24 bits per heavy atom. The van der Waals surface area contributed by atoms with Gasteiger partial charge in [-0.05, 0) is 25.1 Å². The number of anilines is 1. The smallest absolute Gasteiger partial charge is 0.252 e. The number of benzene rings is 1. The van der Waals surface area contributed by atoms with Crippen LogP contribution in [0.3, 0.4) is 0 Å². The summed E-state index contributed by atoms with van der Waals surface area (Å²) in [5, 5.41) is 6.22. The van der Waals surface area contributed by atoms with E-state index in [4.69, 9.17) is 16.3 Å².